The van der Waals surface area contributed by atoms with E-state index in [1.54, 1.807) is 18.2 Å². The second kappa shape index (κ2) is 5.17. The largest absolute Gasteiger partial charge is 0.331 e. The number of halogens is 1. The van der Waals surface area contributed by atoms with Crippen molar-refractivity contribution in [2.24, 2.45) is 0 Å². The zero-order valence-corrected chi connectivity index (χ0v) is 12.8. The molecule has 4 rings (SSSR count). The van der Waals surface area contributed by atoms with Crippen LogP contribution in [0.1, 0.15) is 10.4 Å². The summed E-state index contributed by atoms with van der Waals surface area (Å²) in [4.78, 5) is 34.6. The summed E-state index contributed by atoms with van der Waals surface area (Å²) in [5, 5.41) is 2.68. The normalized spacial score (nSPS) is 11.2. The Bertz CT molecular complexity index is 1220. The highest BCUT2D eigenvalue weighted by Crippen LogP contribution is 2.20. The Hall–Kier alpha value is -3.20. The van der Waals surface area contributed by atoms with Crippen molar-refractivity contribution in [2.45, 2.75) is 0 Å². The van der Waals surface area contributed by atoms with Crippen molar-refractivity contribution in [2.75, 3.05) is 5.32 Å². The molecule has 0 aliphatic carbocycles. The molecule has 120 valence electrons. The van der Waals surface area contributed by atoms with Crippen LogP contribution < -0.4 is 11.0 Å². The van der Waals surface area contributed by atoms with E-state index in [-0.39, 0.29) is 11.3 Å². The van der Waals surface area contributed by atoms with Crippen molar-refractivity contribution in [1.29, 1.82) is 0 Å². The van der Waals surface area contributed by atoms with E-state index in [1.807, 2.05) is 0 Å². The predicted octanol–water partition coefficient (Wildman–Crippen LogP) is 2.79. The van der Waals surface area contributed by atoms with Crippen molar-refractivity contribution < 1.29 is 9.18 Å². The molecule has 0 saturated carbocycles. The van der Waals surface area contributed by atoms with E-state index in [2.05, 4.69) is 25.3 Å². The monoisotopic (exact) mass is 343 g/mol. The molecule has 0 aliphatic heterocycles. The average Bonchev–Trinajstić information content (AvgIpc) is 3.06. The van der Waals surface area contributed by atoms with Gasteiger partial charge in [-0.2, -0.15) is 0 Å². The van der Waals surface area contributed by atoms with Gasteiger partial charge in [0.25, 0.3) is 5.91 Å². The molecule has 0 spiro atoms. The summed E-state index contributed by atoms with van der Waals surface area (Å²) in [6.45, 7) is 0. The molecule has 24 heavy (non-hydrogen) atoms. The van der Waals surface area contributed by atoms with Gasteiger partial charge in [-0.05, 0) is 42.5 Å². The third-order valence-electron chi connectivity index (χ3n) is 3.61. The maximum Gasteiger partial charge on any atom is 0.323 e. The smallest absolute Gasteiger partial charge is 0.323 e. The fraction of sp³-hybridized carbons (Fsp3) is 0. The SMILES string of the molecule is O=C(Nc1ccc2[nH]c(=O)[nH]c2c1)c1cc(F)cc2[nH]c(=S)[nH]c12. The molecule has 0 bridgehead atoms. The van der Waals surface area contributed by atoms with Crippen LogP contribution in [-0.2, 0) is 0 Å². The van der Waals surface area contributed by atoms with Crippen molar-refractivity contribution in [1.82, 2.24) is 19.9 Å². The van der Waals surface area contributed by atoms with Gasteiger partial charge >= 0.3 is 5.69 Å². The maximum absolute atomic E-state index is 13.7. The Morgan fingerprint density at radius 2 is 1.79 bits per heavy atom. The van der Waals surface area contributed by atoms with Gasteiger partial charge in [-0.25, -0.2) is 9.18 Å². The highest BCUT2D eigenvalue weighted by atomic mass is 32.1. The van der Waals surface area contributed by atoms with E-state index < -0.39 is 11.7 Å². The molecular formula is C15H10FN5O2S. The van der Waals surface area contributed by atoms with Gasteiger partial charge < -0.3 is 25.3 Å². The van der Waals surface area contributed by atoms with Crippen LogP contribution in [0.15, 0.2) is 35.1 Å². The van der Waals surface area contributed by atoms with Crippen LogP contribution in [0.2, 0.25) is 0 Å². The summed E-state index contributed by atoms with van der Waals surface area (Å²) in [5.41, 5.74) is 2.28. The topological polar surface area (TPSA) is 109 Å². The van der Waals surface area contributed by atoms with Gasteiger partial charge in [-0.15, -0.1) is 0 Å². The number of aromatic nitrogens is 4. The van der Waals surface area contributed by atoms with Crippen molar-refractivity contribution in [3.05, 3.63) is 57.0 Å². The number of anilines is 1. The van der Waals surface area contributed by atoms with Gasteiger partial charge in [-0.1, -0.05) is 0 Å². The van der Waals surface area contributed by atoms with E-state index in [4.69, 9.17) is 12.2 Å². The van der Waals surface area contributed by atoms with Crippen LogP contribution in [-0.4, -0.2) is 25.8 Å². The molecule has 0 radical (unpaired) electrons. The molecule has 2 aromatic heterocycles. The molecule has 0 fully saturated rings. The van der Waals surface area contributed by atoms with E-state index >= 15 is 0 Å². The lowest BCUT2D eigenvalue weighted by atomic mass is 10.1. The van der Waals surface area contributed by atoms with Crippen LogP contribution in [0, 0.1) is 10.6 Å². The molecule has 4 aromatic rings. The number of hydrogen-bond donors (Lipinski definition) is 5. The lowest BCUT2D eigenvalue weighted by Gasteiger charge is -2.06. The van der Waals surface area contributed by atoms with Crippen LogP contribution >= 0.6 is 12.2 Å². The number of nitrogens with one attached hydrogen (secondary N) is 5. The van der Waals surface area contributed by atoms with Gasteiger partial charge in [0.05, 0.1) is 27.6 Å². The minimum absolute atomic E-state index is 0.125. The summed E-state index contributed by atoms with van der Waals surface area (Å²) in [5.74, 6) is -1.05. The van der Waals surface area contributed by atoms with Gasteiger partial charge in [0.1, 0.15) is 5.82 Å². The molecular weight excluding hydrogens is 333 g/mol. The average molecular weight is 343 g/mol. The first-order chi connectivity index (χ1) is 11.5. The minimum atomic E-state index is -0.552. The van der Waals surface area contributed by atoms with Crippen molar-refractivity contribution in [3.63, 3.8) is 0 Å². The molecule has 2 heterocycles. The van der Waals surface area contributed by atoms with Crippen molar-refractivity contribution in [3.8, 4) is 0 Å². The number of aromatic amines is 4. The molecule has 2 aromatic carbocycles. The first kappa shape index (κ1) is 14.4. The van der Waals surface area contributed by atoms with Crippen LogP contribution in [0.25, 0.3) is 22.1 Å². The molecule has 5 N–H and O–H groups in total. The van der Waals surface area contributed by atoms with Crippen molar-refractivity contribution >= 4 is 45.9 Å². The van der Waals surface area contributed by atoms with Gasteiger partial charge in [0.2, 0.25) is 0 Å². The summed E-state index contributed by atoms with van der Waals surface area (Å²) in [6, 6.07) is 7.30. The first-order valence-corrected chi connectivity index (χ1v) is 7.35. The predicted molar refractivity (Wildman–Crippen MR) is 90.3 cm³/mol. The first-order valence-electron chi connectivity index (χ1n) is 6.94. The highest BCUT2D eigenvalue weighted by molar-refractivity contribution is 7.71. The molecule has 9 heteroatoms. The third-order valence-corrected chi connectivity index (χ3v) is 3.81. The second-order valence-corrected chi connectivity index (χ2v) is 5.66. The molecule has 1 amide bonds. The maximum atomic E-state index is 13.7. The summed E-state index contributed by atoms with van der Waals surface area (Å²) >= 11 is 4.98. The number of carbonyl (C=O) groups is 1. The third kappa shape index (κ3) is 2.40. The number of H-pyrrole nitrogens is 4. The molecule has 0 atom stereocenters. The number of carbonyl (C=O) groups excluding carboxylic acids is 1. The number of fused-ring (bicyclic) bond motifs is 2. The zero-order chi connectivity index (χ0) is 16.8. The van der Waals surface area contributed by atoms with Gasteiger partial charge in [0, 0.05) is 5.69 Å². The number of rotatable bonds is 2. The van der Waals surface area contributed by atoms with E-state index in [0.29, 0.717) is 32.5 Å². The Balaban J connectivity index is 1.75. The lowest BCUT2D eigenvalue weighted by molar-refractivity contribution is 0.102. The van der Waals surface area contributed by atoms with Gasteiger partial charge in [-0.3, -0.25) is 4.79 Å². The van der Waals surface area contributed by atoms with Crippen LogP contribution in [0.3, 0.4) is 0 Å². The van der Waals surface area contributed by atoms with Crippen LogP contribution in [0.4, 0.5) is 10.1 Å². The Morgan fingerprint density at radius 1 is 1.00 bits per heavy atom. The number of amides is 1. The molecule has 0 unspecified atom stereocenters. The standard InChI is InChI=1S/C15H10FN5O2S/c16-6-3-8(12-11(4-6)20-15(24)21-12)13(22)17-7-1-2-9-10(5-7)19-14(23)18-9/h1-5H,(H,17,22)(H2,18,19,23)(H2,20,21,24). The number of imidazole rings is 2. The zero-order valence-electron chi connectivity index (χ0n) is 12.0. The minimum Gasteiger partial charge on any atom is -0.331 e. The van der Waals surface area contributed by atoms with E-state index in [9.17, 15) is 14.0 Å². The van der Waals surface area contributed by atoms with Gasteiger partial charge in [0.15, 0.2) is 4.77 Å². The highest BCUT2D eigenvalue weighted by Gasteiger charge is 2.14. The van der Waals surface area contributed by atoms with E-state index in [1.165, 1.54) is 6.07 Å². The fourth-order valence-corrected chi connectivity index (χ4v) is 2.81. The molecule has 0 aliphatic rings. The molecule has 0 saturated heterocycles. The quantitative estimate of drug-likeness (QED) is 0.361. The Kier molecular flexibility index (Phi) is 3.10. The fourth-order valence-electron chi connectivity index (χ4n) is 2.60. The lowest BCUT2D eigenvalue weighted by Crippen LogP contribution is -2.12. The number of hydrogen-bond acceptors (Lipinski definition) is 3. The summed E-state index contributed by atoms with van der Waals surface area (Å²) in [7, 11) is 0. The molecule has 7 nitrogen and oxygen atoms in total. The van der Waals surface area contributed by atoms with Crippen LogP contribution in [0.5, 0.6) is 0 Å². The Labute approximate surface area is 137 Å². The summed E-state index contributed by atoms with van der Waals surface area (Å²) in [6.07, 6.45) is 0. The van der Waals surface area contributed by atoms with E-state index in [0.717, 1.165) is 6.07 Å². The Morgan fingerprint density at radius 3 is 2.62 bits per heavy atom. The second-order valence-electron chi connectivity index (χ2n) is 5.25. The number of benzene rings is 2. The summed E-state index contributed by atoms with van der Waals surface area (Å²) < 4.78 is 14.0.